The second kappa shape index (κ2) is 6.98. The Morgan fingerprint density at radius 3 is 2.71 bits per heavy atom. The van der Waals surface area contributed by atoms with Gasteiger partial charge in [0, 0.05) is 0 Å². The van der Waals surface area contributed by atoms with Crippen LogP contribution in [0.15, 0.2) is 30.8 Å². The summed E-state index contributed by atoms with van der Waals surface area (Å²) in [6, 6.07) is 8.21. The third kappa shape index (κ3) is 4.38. The van der Waals surface area contributed by atoms with E-state index in [4.69, 9.17) is 9.47 Å². The Labute approximate surface area is 145 Å². The van der Waals surface area contributed by atoms with E-state index in [-0.39, 0.29) is 12.1 Å². The molecule has 0 saturated carbocycles. The Morgan fingerprint density at radius 1 is 1.42 bits per heavy atom. The lowest BCUT2D eigenvalue weighted by Gasteiger charge is -2.35. The molecule has 1 atom stereocenters. The third-order valence-corrected chi connectivity index (χ3v) is 4.19. The first-order valence-corrected chi connectivity index (χ1v) is 8.50. The predicted molar refractivity (Wildman–Crippen MR) is 96.7 cm³/mol. The first kappa shape index (κ1) is 18.5. The summed E-state index contributed by atoms with van der Waals surface area (Å²) in [4.78, 5) is 14.4. The maximum Gasteiger partial charge on any atom is 0.412 e. The van der Waals surface area contributed by atoms with E-state index in [1.807, 2.05) is 52.8 Å². The van der Waals surface area contributed by atoms with Crippen molar-refractivity contribution in [2.45, 2.75) is 64.8 Å². The second-order valence-corrected chi connectivity index (χ2v) is 7.70. The van der Waals surface area contributed by atoms with Gasteiger partial charge >= 0.3 is 6.09 Å². The topological polar surface area (TPSA) is 38.8 Å². The van der Waals surface area contributed by atoms with Crippen LogP contribution in [0.25, 0.3) is 6.08 Å². The molecular weight excluding hydrogens is 302 g/mol. The van der Waals surface area contributed by atoms with Crippen molar-refractivity contribution in [1.29, 1.82) is 0 Å². The fourth-order valence-corrected chi connectivity index (χ4v) is 3.06. The number of benzene rings is 1. The molecule has 132 valence electrons. The number of hydrogen-bond acceptors (Lipinski definition) is 3. The number of rotatable bonds is 4. The molecular formula is C20H29NO3. The largest absolute Gasteiger partial charge is 0.444 e. The minimum Gasteiger partial charge on any atom is -0.444 e. The minimum absolute atomic E-state index is 0.00715. The van der Waals surface area contributed by atoms with Gasteiger partial charge < -0.3 is 9.47 Å². The third-order valence-electron chi connectivity index (χ3n) is 4.19. The highest BCUT2D eigenvalue weighted by atomic mass is 16.6. The molecule has 1 aromatic rings. The molecule has 0 radical (unpaired) electrons. The van der Waals surface area contributed by atoms with Crippen LogP contribution >= 0.6 is 0 Å². The van der Waals surface area contributed by atoms with Gasteiger partial charge in [0.25, 0.3) is 0 Å². The van der Waals surface area contributed by atoms with Gasteiger partial charge in [-0.3, -0.25) is 4.90 Å². The van der Waals surface area contributed by atoms with Gasteiger partial charge in [0.15, 0.2) is 0 Å². The van der Waals surface area contributed by atoms with E-state index in [1.54, 1.807) is 4.90 Å². The van der Waals surface area contributed by atoms with E-state index in [0.29, 0.717) is 6.61 Å². The average Bonchev–Trinajstić information content (AvgIpc) is 2.78. The molecule has 0 unspecified atom stereocenters. The maximum atomic E-state index is 12.6. The van der Waals surface area contributed by atoms with Crippen molar-refractivity contribution in [2.75, 3.05) is 6.61 Å². The maximum absolute atomic E-state index is 12.6. The zero-order chi connectivity index (χ0) is 18.0. The van der Waals surface area contributed by atoms with Crippen molar-refractivity contribution in [1.82, 2.24) is 4.90 Å². The number of aryl methyl sites for hydroxylation is 1. The molecule has 1 saturated heterocycles. The zero-order valence-corrected chi connectivity index (χ0v) is 15.5. The van der Waals surface area contributed by atoms with Crippen LogP contribution < -0.4 is 0 Å². The molecule has 4 heteroatoms. The molecule has 1 fully saturated rings. The summed E-state index contributed by atoms with van der Waals surface area (Å²) in [5.74, 6) is 0. The van der Waals surface area contributed by atoms with Crippen molar-refractivity contribution in [3.8, 4) is 0 Å². The van der Waals surface area contributed by atoms with Crippen molar-refractivity contribution in [3.05, 3.63) is 42.0 Å². The van der Waals surface area contributed by atoms with Gasteiger partial charge in [0.1, 0.15) is 11.3 Å². The van der Waals surface area contributed by atoms with Crippen LogP contribution in [0.1, 0.15) is 52.2 Å². The first-order chi connectivity index (χ1) is 11.1. The Kier molecular flexibility index (Phi) is 5.38. The van der Waals surface area contributed by atoms with Gasteiger partial charge in [-0.05, 0) is 58.6 Å². The lowest BCUT2D eigenvalue weighted by Crippen LogP contribution is -2.49. The SMILES string of the molecule is C=Cc1ccccc1CC[C@@H]1COC(C)(C)N1C(=O)OC(C)(C)C. The molecule has 1 aliphatic heterocycles. The smallest absolute Gasteiger partial charge is 0.412 e. The number of carbonyl (C=O) groups excluding carboxylic acids is 1. The summed E-state index contributed by atoms with van der Waals surface area (Å²) in [6.45, 7) is 13.9. The molecule has 0 N–H and O–H groups in total. The highest BCUT2D eigenvalue weighted by Gasteiger charge is 2.45. The van der Waals surface area contributed by atoms with Crippen LogP contribution in [0.2, 0.25) is 0 Å². The molecule has 24 heavy (non-hydrogen) atoms. The van der Waals surface area contributed by atoms with Crippen LogP contribution in [-0.4, -0.2) is 35.0 Å². The van der Waals surface area contributed by atoms with Crippen LogP contribution in [0.4, 0.5) is 4.79 Å². The fourth-order valence-electron chi connectivity index (χ4n) is 3.06. The molecule has 0 bridgehead atoms. The second-order valence-electron chi connectivity index (χ2n) is 7.70. The summed E-state index contributed by atoms with van der Waals surface area (Å²) in [7, 11) is 0. The summed E-state index contributed by atoms with van der Waals surface area (Å²) in [5.41, 5.74) is 1.21. The minimum atomic E-state index is -0.648. The summed E-state index contributed by atoms with van der Waals surface area (Å²) >= 11 is 0. The molecule has 0 spiro atoms. The lowest BCUT2D eigenvalue weighted by molar-refractivity contribution is -0.0626. The molecule has 1 aliphatic rings. The Bertz CT molecular complexity index is 601. The zero-order valence-electron chi connectivity index (χ0n) is 15.5. The number of ether oxygens (including phenoxy) is 2. The molecule has 2 rings (SSSR count). The monoisotopic (exact) mass is 331 g/mol. The standard InChI is InChI=1S/C20H29NO3/c1-7-15-10-8-9-11-16(15)12-13-17-14-23-20(5,6)21(17)18(22)24-19(2,3)4/h7-11,17H,1,12-14H2,2-6H3/t17-/m1/s1. The van der Waals surface area contributed by atoms with Crippen LogP contribution in [-0.2, 0) is 15.9 Å². The van der Waals surface area contributed by atoms with Gasteiger partial charge in [-0.1, -0.05) is 36.9 Å². The summed E-state index contributed by atoms with van der Waals surface area (Å²) in [5, 5.41) is 0. The van der Waals surface area contributed by atoms with Gasteiger partial charge in [0.2, 0.25) is 0 Å². The number of carbonyl (C=O) groups is 1. The first-order valence-electron chi connectivity index (χ1n) is 8.50. The van der Waals surface area contributed by atoms with Gasteiger partial charge in [0.05, 0.1) is 12.6 Å². The van der Waals surface area contributed by atoms with Crippen LogP contribution in [0.5, 0.6) is 0 Å². The van der Waals surface area contributed by atoms with Crippen molar-refractivity contribution in [3.63, 3.8) is 0 Å². The van der Waals surface area contributed by atoms with E-state index in [9.17, 15) is 4.79 Å². The number of hydrogen-bond donors (Lipinski definition) is 0. The van der Waals surface area contributed by atoms with Crippen LogP contribution in [0.3, 0.4) is 0 Å². The molecule has 4 nitrogen and oxygen atoms in total. The fraction of sp³-hybridized carbons (Fsp3) is 0.550. The van der Waals surface area contributed by atoms with E-state index in [2.05, 4.69) is 18.7 Å². The average molecular weight is 331 g/mol. The summed E-state index contributed by atoms with van der Waals surface area (Å²) < 4.78 is 11.4. The van der Waals surface area contributed by atoms with E-state index in [1.165, 1.54) is 5.56 Å². The van der Waals surface area contributed by atoms with Crippen molar-refractivity contribution < 1.29 is 14.3 Å². The quantitative estimate of drug-likeness (QED) is 0.807. The molecule has 0 aromatic heterocycles. The van der Waals surface area contributed by atoms with Gasteiger partial charge in [-0.2, -0.15) is 0 Å². The predicted octanol–water partition coefficient (Wildman–Crippen LogP) is 4.63. The molecule has 1 aromatic carbocycles. The highest BCUT2D eigenvalue weighted by molar-refractivity contribution is 5.69. The number of nitrogens with zero attached hydrogens (tertiary/aromatic N) is 1. The van der Waals surface area contributed by atoms with Crippen molar-refractivity contribution in [2.24, 2.45) is 0 Å². The van der Waals surface area contributed by atoms with Gasteiger partial charge in [-0.15, -0.1) is 0 Å². The van der Waals surface area contributed by atoms with E-state index >= 15 is 0 Å². The molecule has 1 amide bonds. The van der Waals surface area contributed by atoms with Crippen molar-refractivity contribution >= 4 is 12.2 Å². The Morgan fingerprint density at radius 2 is 2.08 bits per heavy atom. The van der Waals surface area contributed by atoms with Crippen LogP contribution in [0, 0.1) is 0 Å². The Balaban J connectivity index is 2.10. The molecule has 1 heterocycles. The van der Waals surface area contributed by atoms with E-state index < -0.39 is 11.3 Å². The lowest BCUT2D eigenvalue weighted by atomic mass is 10.00. The normalized spacial score (nSPS) is 20.0. The number of amides is 1. The summed E-state index contributed by atoms with van der Waals surface area (Å²) in [6.07, 6.45) is 3.25. The highest BCUT2D eigenvalue weighted by Crippen LogP contribution is 2.31. The van der Waals surface area contributed by atoms with Gasteiger partial charge in [-0.25, -0.2) is 4.79 Å². The Hall–Kier alpha value is -1.81. The molecule has 0 aliphatic carbocycles. The van der Waals surface area contributed by atoms with E-state index in [0.717, 1.165) is 18.4 Å².